The molecule has 1 rings (SSSR count). The van der Waals surface area contributed by atoms with Gasteiger partial charge in [-0.3, -0.25) is 19.2 Å². The molecule has 0 aliphatic carbocycles. The van der Waals surface area contributed by atoms with Crippen LogP contribution in [0.25, 0.3) is 0 Å². The highest BCUT2D eigenvalue weighted by Crippen LogP contribution is 2.19. The fourth-order valence-corrected chi connectivity index (χ4v) is 3.86. The second kappa shape index (κ2) is 16.8. The third-order valence-corrected chi connectivity index (χ3v) is 5.67. The lowest BCUT2D eigenvalue weighted by Crippen LogP contribution is -2.48. The van der Waals surface area contributed by atoms with Crippen LogP contribution in [0.15, 0.2) is 30.3 Å². The van der Waals surface area contributed by atoms with Gasteiger partial charge in [-0.05, 0) is 30.7 Å². The first-order valence-electron chi connectivity index (χ1n) is 12.4. The Hall–Kier alpha value is -2.70. The van der Waals surface area contributed by atoms with Gasteiger partial charge in [0.15, 0.2) is 5.78 Å². The lowest BCUT2D eigenvalue weighted by atomic mass is 9.93. The van der Waals surface area contributed by atoms with E-state index < -0.39 is 6.04 Å². The molecule has 7 nitrogen and oxygen atoms in total. The monoisotopic (exact) mass is 475 g/mol. The lowest BCUT2D eigenvalue weighted by Gasteiger charge is -2.34. The number of hydrogen-bond donors (Lipinski definition) is 0. The van der Waals surface area contributed by atoms with Crippen molar-refractivity contribution in [1.29, 1.82) is 0 Å². The molecule has 1 amide bonds. The molecule has 0 N–H and O–H groups in total. The smallest absolute Gasteiger partial charge is 0.306 e. The number of unbranched alkanes of at least 4 members (excludes halogenated alkanes) is 2. The fourth-order valence-electron chi connectivity index (χ4n) is 3.86. The van der Waals surface area contributed by atoms with Crippen molar-refractivity contribution in [2.75, 3.05) is 13.7 Å². The number of ether oxygens (including phenoxy) is 2. The Balaban J connectivity index is 2.75. The number of nitrogens with zero attached hydrogens (tertiary/aromatic N) is 1. The summed E-state index contributed by atoms with van der Waals surface area (Å²) in [5, 5.41) is 0. The van der Waals surface area contributed by atoms with Gasteiger partial charge in [0, 0.05) is 32.2 Å². The average Bonchev–Trinajstić information content (AvgIpc) is 2.82. The highest BCUT2D eigenvalue weighted by atomic mass is 16.5. The number of esters is 2. The number of ketones is 1. The summed E-state index contributed by atoms with van der Waals surface area (Å²) in [6, 6.07) is 8.91. The lowest BCUT2D eigenvalue weighted by molar-refractivity contribution is -0.146. The molecule has 1 atom stereocenters. The highest BCUT2D eigenvalue weighted by Gasteiger charge is 2.31. The number of rotatable bonds is 17. The summed E-state index contributed by atoms with van der Waals surface area (Å²) in [4.78, 5) is 51.4. The van der Waals surface area contributed by atoms with E-state index >= 15 is 0 Å². The van der Waals surface area contributed by atoms with Gasteiger partial charge >= 0.3 is 11.9 Å². The molecule has 0 heterocycles. The van der Waals surface area contributed by atoms with Crippen LogP contribution >= 0.6 is 0 Å². The van der Waals surface area contributed by atoms with Crippen LogP contribution in [0.1, 0.15) is 84.1 Å². The van der Waals surface area contributed by atoms with E-state index in [1.165, 1.54) is 7.11 Å². The van der Waals surface area contributed by atoms with E-state index in [0.717, 1.165) is 24.8 Å². The Labute approximate surface area is 204 Å². The molecule has 0 fully saturated rings. The number of hydrogen-bond acceptors (Lipinski definition) is 6. The van der Waals surface area contributed by atoms with Gasteiger partial charge in [-0.1, -0.05) is 63.9 Å². The molecule has 1 unspecified atom stereocenters. The summed E-state index contributed by atoms with van der Waals surface area (Å²) >= 11 is 0. The Kier molecular flexibility index (Phi) is 14.5. The van der Waals surface area contributed by atoms with Crippen molar-refractivity contribution in [1.82, 2.24) is 4.90 Å². The summed E-state index contributed by atoms with van der Waals surface area (Å²) in [5.74, 6) is -0.877. The van der Waals surface area contributed by atoms with Gasteiger partial charge in [0.25, 0.3) is 0 Å². The summed E-state index contributed by atoms with van der Waals surface area (Å²) in [7, 11) is 1.32. The van der Waals surface area contributed by atoms with Crippen LogP contribution in [0, 0.1) is 5.92 Å². The van der Waals surface area contributed by atoms with Crippen molar-refractivity contribution in [3.8, 4) is 0 Å². The van der Waals surface area contributed by atoms with E-state index in [1.807, 2.05) is 44.2 Å². The first-order valence-corrected chi connectivity index (χ1v) is 12.4. The molecule has 0 saturated carbocycles. The molecule has 0 aliphatic rings. The van der Waals surface area contributed by atoms with E-state index in [4.69, 9.17) is 4.74 Å². The quantitative estimate of drug-likeness (QED) is 0.236. The van der Waals surface area contributed by atoms with Crippen molar-refractivity contribution in [3.63, 3.8) is 0 Å². The minimum absolute atomic E-state index is 0.0521. The fraction of sp³-hybridized carbons (Fsp3) is 0.630. The number of benzene rings is 1. The molecular weight excluding hydrogens is 434 g/mol. The van der Waals surface area contributed by atoms with Crippen LogP contribution in [-0.4, -0.2) is 48.2 Å². The SMILES string of the molecule is CCCCCC(=O)C(C(C)C)N(CCCC(=O)OCc1ccccc1)C(=O)CCCC(=O)OC. The van der Waals surface area contributed by atoms with Gasteiger partial charge in [-0.25, -0.2) is 0 Å². The van der Waals surface area contributed by atoms with Crippen molar-refractivity contribution in [2.45, 2.75) is 91.2 Å². The van der Waals surface area contributed by atoms with Crippen molar-refractivity contribution < 1.29 is 28.7 Å². The summed E-state index contributed by atoms with van der Waals surface area (Å²) in [5.41, 5.74) is 0.913. The minimum Gasteiger partial charge on any atom is -0.469 e. The van der Waals surface area contributed by atoms with E-state index in [1.54, 1.807) is 4.90 Å². The normalized spacial score (nSPS) is 11.7. The Morgan fingerprint density at radius 3 is 2.15 bits per heavy atom. The molecule has 0 radical (unpaired) electrons. The third-order valence-electron chi connectivity index (χ3n) is 5.67. The molecular formula is C27H41NO6. The van der Waals surface area contributed by atoms with Crippen LogP contribution in [0.4, 0.5) is 0 Å². The van der Waals surface area contributed by atoms with Gasteiger partial charge in [0.2, 0.25) is 5.91 Å². The molecule has 0 spiro atoms. The molecule has 7 heteroatoms. The maximum absolute atomic E-state index is 13.1. The first-order chi connectivity index (χ1) is 16.3. The molecule has 34 heavy (non-hydrogen) atoms. The largest absolute Gasteiger partial charge is 0.469 e. The Morgan fingerprint density at radius 2 is 1.53 bits per heavy atom. The summed E-state index contributed by atoms with van der Waals surface area (Å²) in [6.45, 7) is 6.45. The molecule has 0 aliphatic heterocycles. The molecule has 190 valence electrons. The van der Waals surface area contributed by atoms with Gasteiger partial charge in [-0.15, -0.1) is 0 Å². The maximum atomic E-state index is 13.1. The molecule has 1 aromatic rings. The molecule has 0 saturated heterocycles. The second-order valence-corrected chi connectivity index (χ2v) is 8.88. The van der Waals surface area contributed by atoms with Crippen molar-refractivity contribution in [2.24, 2.45) is 5.92 Å². The molecule has 0 aromatic heterocycles. The van der Waals surface area contributed by atoms with E-state index in [0.29, 0.717) is 25.8 Å². The van der Waals surface area contributed by atoms with Crippen LogP contribution < -0.4 is 0 Å². The topological polar surface area (TPSA) is 90.0 Å². The molecule has 1 aromatic carbocycles. The maximum Gasteiger partial charge on any atom is 0.306 e. The third kappa shape index (κ3) is 11.4. The van der Waals surface area contributed by atoms with Crippen LogP contribution in [0.3, 0.4) is 0 Å². The second-order valence-electron chi connectivity index (χ2n) is 8.88. The van der Waals surface area contributed by atoms with E-state index in [-0.39, 0.29) is 55.4 Å². The number of carbonyl (C=O) groups excluding carboxylic acids is 4. The Bertz CT molecular complexity index is 762. The van der Waals surface area contributed by atoms with Crippen LogP contribution in [0.5, 0.6) is 0 Å². The number of carbonyl (C=O) groups is 4. The van der Waals surface area contributed by atoms with Crippen molar-refractivity contribution in [3.05, 3.63) is 35.9 Å². The zero-order chi connectivity index (χ0) is 25.3. The number of amides is 1. The van der Waals surface area contributed by atoms with Gasteiger partial charge in [-0.2, -0.15) is 0 Å². The number of methoxy groups -OCH3 is 1. The summed E-state index contributed by atoms with van der Waals surface area (Å²) in [6.07, 6.45) is 4.44. The zero-order valence-corrected chi connectivity index (χ0v) is 21.2. The van der Waals surface area contributed by atoms with E-state index in [2.05, 4.69) is 11.7 Å². The number of Topliss-reactive ketones (excluding diaryl/α,β-unsaturated/α-hetero) is 1. The molecule has 0 bridgehead atoms. The predicted molar refractivity (Wildman–Crippen MR) is 131 cm³/mol. The van der Waals surface area contributed by atoms with Crippen LogP contribution in [-0.2, 0) is 35.3 Å². The Morgan fingerprint density at radius 1 is 0.853 bits per heavy atom. The highest BCUT2D eigenvalue weighted by molar-refractivity contribution is 5.89. The van der Waals surface area contributed by atoms with Crippen molar-refractivity contribution >= 4 is 23.6 Å². The van der Waals surface area contributed by atoms with Crippen LogP contribution in [0.2, 0.25) is 0 Å². The van der Waals surface area contributed by atoms with E-state index in [9.17, 15) is 19.2 Å². The minimum atomic E-state index is -0.539. The average molecular weight is 476 g/mol. The van der Waals surface area contributed by atoms with Gasteiger partial charge < -0.3 is 14.4 Å². The predicted octanol–water partition coefficient (Wildman–Crippen LogP) is 4.86. The zero-order valence-electron chi connectivity index (χ0n) is 21.2. The standard InChI is InChI=1S/C27H41NO6/c1-5-6-8-15-23(29)27(21(2)3)28(24(30)16-11-17-25(31)33-4)19-12-18-26(32)34-20-22-13-9-7-10-14-22/h7,9-10,13-14,21,27H,5-6,8,11-12,15-20H2,1-4H3. The van der Waals surface area contributed by atoms with Gasteiger partial charge in [0.05, 0.1) is 13.2 Å². The summed E-state index contributed by atoms with van der Waals surface area (Å²) < 4.78 is 9.98. The van der Waals surface area contributed by atoms with Gasteiger partial charge in [0.1, 0.15) is 6.61 Å². The first kappa shape index (κ1) is 29.3.